The van der Waals surface area contributed by atoms with Crippen LogP contribution in [0.1, 0.15) is 26.3 Å². The van der Waals surface area contributed by atoms with Crippen LogP contribution in [0.2, 0.25) is 0 Å². The molecule has 1 aromatic heterocycles. The summed E-state index contributed by atoms with van der Waals surface area (Å²) in [6, 6.07) is 5.86. The zero-order chi connectivity index (χ0) is 23.0. The van der Waals surface area contributed by atoms with Crippen molar-refractivity contribution in [2.45, 2.75) is 26.3 Å². The van der Waals surface area contributed by atoms with Gasteiger partial charge in [0, 0.05) is 43.7 Å². The second kappa shape index (κ2) is 8.27. The highest BCUT2D eigenvalue weighted by atomic mass is 16.6. The molecule has 3 heterocycles. The van der Waals surface area contributed by atoms with Gasteiger partial charge in [-0.1, -0.05) is 24.3 Å². The number of piperazine rings is 1. The van der Waals surface area contributed by atoms with Gasteiger partial charge in [-0.3, -0.25) is 10.3 Å². The highest BCUT2D eigenvalue weighted by molar-refractivity contribution is 6.03. The fraction of sp³-hybridized carbons (Fsp3) is 0.455. The number of aromatic nitrogens is 1. The van der Waals surface area contributed by atoms with Crippen LogP contribution < -0.4 is 5.73 Å². The van der Waals surface area contributed by atoms with E-state index in [1.54, 1.807) is 4.90 Å². The lowest BCUT2D eigenvalue weighted by atomic mass is 9.90. The van der Waals surface area contributed by atoms with Gasteiger partial charge in [-0.15, -0.1) is 10.2 Å². The molecule has 2 aliphatic rings. The summed E-state index contributed by atoms with van der Waals surface area (Å²) in [6.45, 7) is 9.78. The molecule has 170 valence electrons. The Kier molecular flexibility index (Phi) is 5.64. The van der Waals surface area contributed by atoms with Crippen molar-refractivity contribution in [3.63, 3.8) is 0 Å². The summed E-state index contributed by atoms with van der Waals surface area (Å²) in [7, 11) is 0. The first-order chi connectivity index (χ1) is 15.2. The lowest BCUT2D eigenvalue weighted by molar-refractivity contribution is 0.0829. The van der Waals surface area contributed by atoms with E-state index < -0.39 is 11.5 Å². The Bertz CT molecular complexity index is 1120. The second-order valence-corrected chi connectivity index (χ2v) is 8.58. The summed E-state index contributed by atoms with van der Waals surface area (Å²) in [5.41, 5.74) is 8.20. The molecule has 1 amide bonds. The van der Waals surface area contributed by atoms with E-state index in [0.717, 1.165) is 41.7 Å². The first-order valence-electron chi connectivity index (χ1n) is 10.7. The molecule has 32 heavy (non-hydrogen) atoms. The Morgan fingerprint density at radius 1 is 1.28 bits per heavy atom. The molecule has 0 radical (unpaired) electrons. The minimum absolute atomic E-state index is 0.000742. The minimum atomic E-state index is -0.497. The number of nitrogens with zero attached hydrogens (tertiary/aromatic N) is 5. The number of guanidine groups is 1. The summed E-state index contributed by atoms with van der Waals surface area (Å²) in [5.74, 6) is -0.419. The molecule has 0 bridgehead atoms. The number of amides is 1. The quantitative estimate of drug-likeness (QED) is 0.382. The van der Waals surface area contributed by atoms with Gasteiger partial charge >= 0.3 is 6.09 Å². The first-order valence-corrected chi connectivity index (χ1v) is 10.7. The molecule has 4 rings (SSSR count). The number of para-hydroxylation sites is 1. The number of rotatable bonds is 4. The highest BCUT2D eigenvalue weighted by Crippen LogP contribution is 2.48. The maximum Gasteiger partial charge on any atom is 0.409 e. The maximum absolute atomic E-state index is 12.0. The van der Waals surface area contributed by atoms with Gasteiger partial charge in [-0.25, -0.2) is 4.79 Å². The third kappa shape index (κ3) is 3.81. The average molecular weight is 440 g/mol. The third-order valence-corrected chi connectivity index (χ3v) is 5.94. The van der Waals surface area contributed by atoms with Crippen molar-refractivity contribution >= 4 is 34.2 Å². The van der Waals surface area contributed by atoms with Crippen LogP contribution in [0.3, 0.4) is 0 Å². The van der Waals surface area contributed by atoms with E-state index >= 15 is 0 Å². The number of azo groups is 1. The number of hydrogen-bond acceptors (Lipinski definition) is 6. The first kappa shape index (κ1) is 21.8. The number of allylic oxidation sites excluding steroid dienone is 1. The summed E-state index contributed by atoms with van der Waals surface area (Å²) in [5, 5.41) is 26.7. The normalized spacial score (nSPS) is 18.2. The molecule has 0 spiro atoms. The standard InChI is InChI=1S/C22H29N7O3/c1-4-32-21(31)28-10-8-27(9-11-28)13-14-12-22(2,3)29-18-15(14)6-5-7-16(18)17(19(29)30)25-26-20(23)24/h5-7,12,30H,4,8-11,13H2,1-3H3,(H3,23,24). The highest BCUT2D eigenvalue weighted by Gasteiger charge is 2.34. The molecule has 0 aliphatic carbocycles. The van der Waals surface area contributed by atoms with Crippen molar-refractivity contribution in [1.82, 2.24) is 14.4 Å². The SMILES string of the molecule is CCOC(=O)N1CCN(CC2=CC(C)(C)n3c(O)c(N=NC(=N)N)c4cccc2c43)CC1. The fourth-order valence-electron chi connectivity index (χ4n) is 4.57. The predicted molar refractivity (Wildman–Crippen MR) is 122 cm³/mol. The van der Waals surface area contributed by atoms with Crippen molar-refractivity contribution in [1.29, 1.82) is 5.41 Å². The van der Waals surface area contributed by atoms with Crippen LogP contribution in [0, 0.1) is 5.41 Å². The predicted octanol–water partition coefficient (Wildman–Crippen LogP) is 3.23. The summed E-state index contributed by atoms with van der Waals surface area (Å²) >= 11 is 0. The molecule has 0 unspecified atom stereocenters. The smallest absolute Gasteiger partial charge is 0.409 e. The van der Waals surface area contributed by atoms with Crippen LogP contribution in [0.4, 0.5) is 10.5 Å². The molecule has 0 atom stereocenters. The van der Waals surface area contributed by atoms with E-state index in [4.69, 9.17) is 15.9 Å². The molecule has 10 heteroatoms. The van der Waals surface area contributed by atoms with Gasteiger partial charge < -0.3 is 25.0 Å². The molecule has 1 saturated heterocycles. The van der Waals surface area contributed by atoms with Gasteiger partial charge in [-0.05, 0) is 26.3 Å². The largest absolute Gasteiger partial charge is 0.493 e. The maximum atomic E-state index is 12.0. The molecular weight excluding hydrogens is 410 g/mol. The fourth-order valence-corrected chi connectivity index (χ4v) is 4.57. The van der Waals surface area contributed by atoms with E-state index in [0.29, 0.717) is 25.4 Å². The summed E-state index contributed by atoms with van der Waals surface area (Å²) in [4.78, 5) is 16.1. The Hall–Kier alpha value is -3.40. The number of carbonyl (C=O) groups excluding carboxylic acids is 1. The van der Waals surface area contributed by atoms with E-state index in [1.807, 2.05) is 43.5 Å². The van der Waals surface area contributed by atoms with Gasteiger partial charge in [0.15, 0.2) is 5.69 Å². The van der Waals surface area contributed by atoms with Crippen molar-refractivity contribution < 1.29 is 14.6 Å². The van der Waals surface area contributed by atoms with E-state index in [1.165, 1.54) is 0 Å². The molecule has 0 saturated carbocycles. The van der Waals surface area contributed by atoms with Crippen LogP contribution in [0.25, 0.3) is 16.5 Å². The Labute approximate surface area is 186 Å². The average Bonchev–Trinajstić information content (AvgIpc) is 3.03. The van der Waals surface area contributed by atoms with Crippen LogP contribution in [-0.4, -0.2) is 70.9 Å². The minimum Gasteiger partial charge on any atom is -0.493 e. The van der Waals surface area contributed by atoms with Crippen LogP contribution in [-0.2, 0) is 10.3 Å². The topological polar surface area (TPSA) is 133 Å². The zero-order valence-corrected chi connectivity index (χ0v) is 18.6. The number of nitrogens with one attached hydrogen (secondary N) is 1. The van der Waals surface area contributed by atoms with Crippen molar-refractivity contribution in [2.75, 3.05) is 39.3 Å². The lowest BCUT2D eigenvalue weighted by Gasteiger charge is -2.37. The number of ether oxygens (including phenoxy) is 1. The van der Waals surface area contributed by atoms with Crippen LogP contribution in [0.15, 0.2) is 34.5 Å². The zero-order valence-electron chi connectivity index (χ0n) is 18.6. The van der Waals surface area contributed by atoms with Crippen molar-refractivity contribution in [3.8, 4) is 5.88 Å². The van der Waals surface area contributed by atoms with Gasteiger partial charge in [0.1, 0.15) is 0 Å². The van der Waals surface area contributed by atoms with Gasteiger partial charge in [0.2, 0.25) is 11.8 Å². The third-order valence-electron chi connectivity index (χ3n) is 5.94. The summed E-state index contributed by atoms with van der Waals surface area (Å²) in [6.07, 6.45) is 1.91. The van der Waals surface area contributed by atoms with Crippen molar-refractivity contribution in [3.05, 3.63) is 29.8 Å². The van der Waals surface area contributed by atoms with Gasteiger partial charge in [0.25, 0.3) is 0 Å². The molecule has 10 nitrogen and oxygen atoms in total. The van der Waals surface area contributed by atoms with Gasteiger partial charge in [-0.2, -0.15) is 0 Å². The number of benzene rings is 1. The molecular formula is C22H29N7O3. The van der Waals surface area contributed by atoms with E-state index in [-0.39, 0.29) is 12.0 Å². The molecule has 2 aliphatic heterocycles. The Morgan fingerprint density at radius 2 is 2.00 bits per heavy atom. The van der Waals surface area contributed by atoms with E-state index in [9.17, 15) is 9.90 Å². The molecule has 2 aromatic rings. The molecule has 4 N–H and O–H groups in total. The summed E-state index contributed by atoms with van der Waals surface area (Å²) < 4.78 is 6.97. The number of aromatic hydroxyl groups is 1. The second-order valence-electron chi connectivity index (χ2n) is 8.58. The molecule has 1 fully saturated rings. The number of hydrogen-bond donors (Lipinski definition) is 3. The Morgan fingerprint density at radius 3 is 2.66 bits per heavy atom. The van der Waals surface area contributed by atoms with Crippen molar-refractivity contribution in [2.24, 2.45) is 16.0 Å². The number of carbonyl (C=O) groups is 1. The van der Waals surface area contributed by atoms with Gasteiger partial charge in [0.05, 0.1) is 17.7 Å². The monoisotopic (exact) mass is 439 g/mol. The molecule has 1 aromatic carbocycles. The van der Waals surface area contributed by atoms with Crippen LogP contribution >= 0.6 is 0 Å². The van der Waals surface area contributed by atoms with Crippen LogP contribution in [0.5, 0.6) is 5.88 Å². The Balaban J connectivity index is 1.64. The van der Waals surface area contributed by atoms with E-state index in [2.05, 4.69) is 21.2 Å². The number of nitrogens with two attached hydrogens (primary N) is 1. The lowest BCUT2D eigenvalue weighted by Crippen LogP contribution is -2.49.